The molecular weight excluding hydrogens is 294 g/mol. The highest BCUT2D eigenvalue weighted by Crippen LogP contribution is 2.30. The Morgan fingerprint density at radius 1 is 1.30 bits per heavy atom. The average Bonchev–Trinajstić information content (AvgIpc) is 2.99. The van der Waals surface area contributed by atoms with E-state index in [-0.39, 0.29) is 11.7 Å². The largest absolute Gasteiger partial charge is 0.444 e. The Bertz CT molecular complexity index is 486. The van der Waals surface area contributed by atoms with E-state index in [1.54, 1.807) is 11.1 Å². The summed E-state index contributed by atoms with van der Waals surface area (Å²) in [6, 6.07) is 1.91. The van der Waals surface area contributed by atoms with Gasteiger partial charge in [-0.05, 0) is 46.1 Å². The molecule has 2 rings (SSSR count). The molecule has 1 aliphatic heterocycles. The molecule has 6 nitrogen and oxygen atoms in total. The van der Waals surface area contributed by atoms with Crippen LogP contribution in [0.5, 0.6) is 0 Å². The van der Waals surface area contributed by atoms with Crippen LogP contribution in [0.3, 0.4) is 0 Å². The molecule has 0 radical (unpaired) electrons. The number of hydrogen-bond donors (Lipinski definition) is 0. The number of rotatable bonds is 5. The summed E-state index contributed by atoms with van der Waals surface area (Å²) in [6.45, 7) is 10.6. The Kier molecular flexibility index (Phi) is 5.68. The van der Waals surface area contributed by atoms with Gasteiger partial charge in [0.2, 0.25) is 0 Å². The van der Waals surface area contributed by atoms with Crippen LogP contribution in [-0.4, -0.2) is 51.7 Å². The normalized spacial score (nSPS) is 18.0. The topological polar surface area (TPSA) is 56.6 Å². The quantitative estimate of drug-likeness (QED) is 0.835. The molecule has 0 aliphatic carbocycles. The van der Waals surface area contributed by atoms with Gasteiger partial charge in [0, 0.05) is 25.5 Å². The summed E-state index contributed by atoms with van der Waals surface area (Å²) in [6.07, 6.45) is 6.14. The first-order valence-corrected chi connectivity index (χ1v) is 8.43. The van der Waals surface area contributed by atoms with Crippen molar-refractivity contribution < 1.29 is 14.3 Å². The first-order chi connectivity index (χ1) is 10.8. The van der Waals surface area contributed by atoms with Crippen LogP contribution >= 0.6 is 0 Å². The van der Waals surface area contributed by atoms with E-state index in [4.69, 9.17) is 9.47 Å². The standard InChI is InChI=1S/C17H29N3O3/c1-5-17(22-14-13-20-10-6-9-18-20)7-11-19(12-8-17)15(21)23-16(2,3)4/h6,9-10H,5,7-8,11-14H2,1-4H3. The molecule has 6 heteroatoms. The Morgan fingerprint density at radius 2 is 2.00 bits per heavy atom. The molecule has 0 spiro atoms. The number of likely N-dealkylation sites (tertiary alicyclic amines) is 1. The number of amides is 1. The third kappa shape index (κ3) is 5.23. The van der Waals surface area contributed by atoms with Gasteiger partial charge in [0.25, 0.3) is 0 Å². The maximum atomic E-state index is 12.1. The van der Waals surface area contributed by atoms with Crippen molar-refractivity contribution in [2.45, 2.75) is 64.7 Å². The maximum Gasteiger partial charge on any atom is 0.410 e. The van der Waals surface area contributed by atoms with E-state index in [1.807, 2.05) is 37.7 Å². The number of aromatic nitrogens is 2. The summed E-state index contributed by atoms with van der Waals surface area (Å²) in [4.78, 5) is 13.9. The van der Waals surface area contributed by atoms with Gasteiger partial charge in [0.1, 0.15) is 5.60 Å². The SMILES string of the molecule is CCC1(OCCn2cccn2)CCN(C(=O)OC(C)(C)C)CC1. The van der Waals surface area contributed by atoms with Crippen molar-refractivity contribution in [3.05, 3.63) is 18.5 Å². The van der Waals surface area contributed by atoms with Crippen molar-refractivity contribution in [2.24, 2.45) is 0 Å². The van der Waals surface area contributed by atoms with Crippen molar-refractivity contribution in [2.75, 3.05) is 19.7 Å². The van der Waals surface area contributed by atoms with E-state index >= 15 is 0 Å². The minimum absolute atomic E-state index is 0.133. The van der Waals surface area contributed by atoms with Gasteiger partial charge in [-0.2, -0.15) is 5.10 Å². The zero-order valence-corrected chi connectivity index (χ0v) is 14.7. The number of piperidine rings is 1. The molecule has 1 fully saturated rings. The zero-order chi connectivity index (χ0) is 16.9. The van der Waals surface area contributed by atoms with E-state index < -0.39 is 5.60 Å². The minimum Gasteiger partial charge on any atom is -0.444 e. The molecule has 2 heterocycles. The fourth-order valence-corrected chi connectivity index (χ4v) is 2.81. The summed E-state index contributed by atoms with van der Waals surface area (Å²) < 4.78 is 13.5. The van der Waals surface area contributed by atoms with Gasteiger partial charge in [-0.3, -0.25) is 4.68 Å². The highest BCUT2D eigenvalue weighted by Gasteiger charge is 2.36. The molecule has 0 unspecified atom stereocenters. The third-order valence-corrected chi connectivity index (χ3v) is 4.26. The Labute approximate surface area is 138 Å². The summed E-state index contributed by atoms with van der Waals surface area (Å²) in [7, 11) is 0. The first kappa shape index (κ1) is 17.8. The van der Waals surface area contributed by atoms with Crippen molar-refractivity contribution in [3.8, 4) is 0 Å². The zero-order valence-electron chi connectivity index (χ0n) is 14.7. The predicted octanol–water partition coefficient (Wildman–Crippen LogP) is 3.08. The number of carbonyl (C=O) groups is 1. The summed E-state index contributed by atoms with van der Waals surface area (Å²) in [5.41, 5.74) is -0.581. The molecule has 0 atom stereocenters. The second kappa shape index (κ2) is 7.34. The van der Waals surface area contributed by atoms with Gasteiger partial charge in [0.05, 0.1) is 18.8 Å². The second-order valence-electron chi connectivity index (χ2n) is 7.12. The van der Waals surface area contributed by atoms with Crippen LogP contribution in [0.4, 0.5) is 4.79 Å². The van der Waals surface area contributed by atoms with E-state index in [2.05, 4.69) is 12.0 Å². The molecule has 23 heavy (non-hydrogen) atoms. The number of ether oxygens (including phenoxy) is 2. The number of carbonyl (C=O) groups excluding carboxylic acids is 1. The molecule has 1 amide bonds. The fourth-order valence-electron chi connectivity index (χ4n) is 2.81. The minimum atomic E-state index is -0.448. The molecule has 0 aromatic carbocycles. The highest BCUT2D eigenvalue weighted by molar-refractivity contribution is 5.68. The average molecular weight is 323 g/mol. The van der Waals surface area contributed by atoms with Gasteiger partial charge < -0.3 is 14.4 Å². The molecule has 130 valence electrons. The van der Waals surface area contributed by atoms with Gasteiger partial charge in [0.15, 0.2) is 0 Å². The van der Waals surface area contributed by atoms with Crippen molar-refractivity contribution in [3.63, 3.8) is 0 Å². The van der Waals surface area contributed by atoms with E-state index in [1.165, 1.54) is 0 Å². The van der Waals surface area contributed by atoms with E-state index in [0.29, 0.717) is 19.7 Å². The van der Waals surface area contributed by atoms with Crippen LogP contribution in [0.2, 0.25) is 0 Å². The molecule has 1 saturated heterocycles. The van der Waals surface area contributed by atoms with E-state index in [9.17, 15) is 4.79 Å². The van der Waals surface area contributed by atoms with Crippen LogP contribution in [0, 0.1) is 0 Å². The summed E-state index contributed by atoms with van der Waals surface area (Å²) in [5.74, 6) is 0. The molecule has 0 bridgehead atoms. The van der Waals surface area contributed by atoms with Gasteiger partial charge in [-0.15, -0.1) is 0 Å². The Balaban J connectivity index is 1.80. The fraction of sp³-hybridized carbons (Fsp3) is 0.765. The van der Waals surface area contributed by atoms with Crippen LogP contribution in [0.15, 0.2) is 18.5 Å². The molecule has 0 N–H and O–H groups in total. The predicted molar refractivity (Wildman–Crippen MR) is 88.2 cm³/mol. The smallest absolute Gasteiger partial charge is 0.410 e. The lowest BCUT2D eigenvalue weighted by molar-refractivity contribution is -0.0893. The molecular formula is C17H29N3O3. The molecule has 1 aromatic rings. The maximum absolute atomic E-state index is 12.1. The lowest BCUT2D eigenvalue weighted by atomic mass is 9.88. The number of nitrogens with zero attached hydrogens (tertiary/aromatic N) is 3. The van der Waals surface area contributed by atoms with Crippen LogP contribution in [0.1, 0.15) is 47.0 Å². The van der Waals surface area contributed by atoms with Crippen LogP contribution in [-0.2, 0) is 16.0 Å². The van der Waals surface area contributed by atoms with Gasteiger partial charge >= 0.3 is 6.09 Å². The molecule has 1 aliphatic rings. The monoisotopic (exact) mass is 323 g/mol. The highest BCUT2D eigenvalue weighted by atomic mass is 16.6. The van der Waals surface area contributed by atoms with E-state index in [0.717, 1.165) is 25.8 Å². The van der Waals surface area contributed by atoms with Crippen LogP contribution in [0.25, 0.3) is 0 Å². The lowest BCUT2D eigenvalue weighted by Gasteiger charge is -2.41. The summed E-state index contributed by atoms with van der Waals surface area (Å²) >= 11 is 0. The third-order valence-electron chi connectivity index (χ3n) is 4.26. The summed E-state index contributed by atoms with van der Waals surface area (Å²) in [5, 5.41) is 4.18. The molecule has 0 saturated carbocycles. The van der Waals surface area contributed by atoms with Crippen molar-refractivity contribution in [1.82, 2.24) is 14.7 Å². The van der Waals surface area contributed by atoms with Crippen LogP contribution < -0.4 is 0 Å². The lowest BCUT2D eigenvalue weighted by Crippen LogP contribution is -2.49. The van der Waals surface area contributed by atoms with Gasteiger partial charge in [-0.25, -0.2) is 4.79 Å². The Morgan fingerprint density at radius 3 is 2.52 bits per heavy atom. The second-order valence-corrected chi connectivity index (χ2v) is 7.12. The van der Waals surface area contributed by atoms with Gasteiger partial charge in [-0.1, -0.05) is 6.92 Å². The van der Waals surface area contributed by atoms with Crippen molar-refractivity contribution in [1.29, 1.82) is 0 Å². The number of hydrogen-bond acceptors (Lipinski definition) is 4. The first-order valence-electron chi connectivity index (χ1n) is 8.43. The molecule has 1 aromatic heterocycles. The Hall–Kier alpha value is -1.56. The van der Waals surface area contributed by atoms with Crippen molar-refractivity contribution >= 4 is 6.09 Å².